The predicted molar refractivity (Wildman–Crippen MR) is 101 cm³/mol. The highest BCUT2D eigenvalue weighted by molar-refractivity contribution is 14.1. The largest absolute Gasteiger partial charge is 0.489 e. The summed E-state index contributed by atoms with van der Waals surface area (Å²) in [5.41, 5.74) is 1.18. The molecule has 0 unspecified atom stereocenters. The Kier molecular flexibility index (Phi) is 6.04. The van der Waals surface area contributed by atoms with E-state index in [0.29, 0.717) is 18.6 Å². The molecule has 0 amide bonds. The Labute approximate surface area is 159 Å². The van der Waals surface area contributed by atoms with Gasteiger partial charge in [0.15, 0.2) is 0 Å². The number of carbonyl (C=O) groups is 2. The van der Waals surface area contributed by atoms with Crippen LogP contribution in [0.1, 0.15) is 28.8 Å². The van der Waals surface area contributed by atoms with Crippen LogP contribution in [0.5, 0.6) is 5.75 Å². The molecule has 0 radical (unpaired) electrons. The van der Waals surface area contributed by atoms with Gasteiger partial charge in [0, 0.05) is 3.57 Å². The number of nitrogens with one attached hydrogen (secondary N) is 1. The second kappa shape index (κ2) is 8.44. The quantitative estimate of drug-likeness (QED) is 0.430. The predicted octanol–water partition coefficient (Wildman–Crippen LogP) is 3.31. The Morgan fingerprint density at radius 3 is 2.68 bits per heavy atom. The molecule has 0 aliphatic carbocycles. The lowest BCUT2D eigenvalue weighted by Gasteiger charge is -2.10. The van der Waals surface area contributed by atoms with Gasteiger partial charge in [0.1, 0.15) is 18.4 Å². The summed E-state index contributed by atoms with van der Waals surface area (Å²) in [6.45, 7) is 1.11. The molecule has 0 bridgehead atoms. The maximum Gasteiger partial charge on any atom is 0.345 e. The molecule has 0 spiro atoms. The summed E-state index contributed by atoms with van der Waals surface area (Å²) < 4.78 is 11.8. The third-order valence-corrected chi connectivity index (χ3v) is 4.64. The van der Waals surface area contributed by atoms with E-state index in [-0.39, 0.29) is 6.04 Å². The van der Waals surface area contributed by atoms with Crippen LogP contribution in [0.15, 0.2) is 48.5 Å². The molecule has 1 fully saturated rings. The number of hydrogen-bond donors (Lipinski definition) is 1. The molecular formula is C19H18INO4. The number of hydrogen-bond acceptors (Lipinski definition) is 5. The van der Waals surface area contributed by atoms with E-state index in [1.54, 1.807) is 18.2 Å². The molecule has 25 heavy (non-hydrogen) atoms. The van der Waals surface area contributed by atoms with Crippen molar-refractivity contribution in [1.82, 2.24) is 5.32 Å². The SMILES string of the molecule is O=C(OC(=O)[C@@H]1CCCN1)c1cccc(COc2ccc(I)cc2)c1. The van der Waals surface area contributed by atoms with Crippen LogP contribution in [0.2, 0.25) is 0 Å². The fourth-order valence-electron chi connectivity index (χ4n) is 2.59. The first-order chi connectivity index (χ1) is 12.1. The molecule has 2 aromatic carbocycles. The van der Waals surface area contributed by atoms with E-state index >= 15 is 0 Å². The molecular weight excluding hydrogens is 433 g/mol. The van der Waals surface area contributed by atoms with Crippen molar-refractivity contribution in [3.63, 3.8) is 0 Å². The van der Waals surface area contributed by atoms with Crippen molar-refractivity contribution in [2.24, 2.45) is 0 Å². The number of benzene rings is 2. The second-order valence-electron chi connectivity index (χ2n) is 5.80. The lowest BCUT2D eigenvalue weighted by molar-refractivity contribution is -0.139. The maximum absolute atomic E-state index is 12.2. The van der Waals surface area contributed by atoms with Gasteiger partial charge in [-0.2, -0.15) is 0 Å². The average molecular weight is 451 g/mol. The molecule has 0 saturated carbocycles. The van der Waals surface area contributed by atoms with Crippen molar-refractivity contribution >= 4 is 34.5 Å². The molecule has 3 rings (SSSR count). The smallest absolute Gasteiger partial charge is 0.345 e. The molecule has 0 aromatic heterocycles. The first kappa shape index (κ1) is 17.9. The molecule has 2 aromatic rings. The topological polar surface area (TPSA) is 64.6 Å². The van der Waals surface area contributed by atoms with Crippen LogP contribution in [0, 0.1) is 3.57 Å². The van der Waals surface area contributed by atoms with E-state index in [4.69, 9.17) is 9.47 Å². The maximum atomic E-state index is 12.2. The first-order valence-corrected chi connectivity index (χ1v) is 9.16. The molecule has 5 nitrogen and oxygen atoms in total. The zero-order chi connectivity index (χ0) is 17.6. The Morgan fingerprint density at radius 1 is 1.16 bits per heavy atom. The van der Waals surface area contributed by atoms with E-state index < -0.39 is 11.9 Å². The molecule has 6 heteroatoms. The van der Waals surface area contributed by atoms with Gasteiger partial charge in [0.25, 0.3) is 0 Å². The van der Waals surface area contributed by atoms with Gasteiger partial charge < -0.3 is 14.8 Å². The zero-order valence-corrected chi connectivity index (χ0v) is 15.7. The van der Waals surface area contributed by atoms with Gasteiger partial charge in [-0.25, -0.2) is 9.59 Å². The zero-order valence-electron chi connectivity index (χ0n) is 13.5. The Bertz CT molecular complexity index is 754. The monoisotopic (exact) mass is 451 g/mol. The molecule has 1 atom stereocenters. The number of esters is 2. The van der Waals surface area contributed by atoms with Gasteiger partial charge in [-0.3, -0.25) is 0 Å². The third kappa shape index (κ3) is 5.02. The van der Waals surface area contributed by atoms with Crippen LogP contribution in [-0.2, 0) is 16.1 Å². The van der Waals surface area contributed by atoms with Crippen LogP contribution in [-0.4, -0.2) is 24.5 Å². The van der Waals surface area contributed by atoms with Crippen molar-refractivity contribution in [2.45, 2.75) is 25.5 Å². The third-order valence-electron chi connectivity index (χ3n) is 3.92. The van der Waals surface area contributed by atoms with Crippen molar-refractivity contribution in [2.75, 3.05) is 6.54 Å². The van der Waals surface area contributed by atoms with E-state index in [1.807, 2.05) is 30.3 Å². The summed E-state index contributed by atoms with van der Waals surface area (Å²) in [7, 11) is 0. The number of halogens is 1. The van der Waals surface area contributed by atoms with Gasteiger partial charge in [0.2, 0.25) is 0 Å². The lowest BCUT2D eigenvalue weighted by atomic mass is 10.1. The normalized spacial score (nSPS) is 16.4. The molecule has 1 aliphatic rings. The van der Waals surface area contributed by atoms with Gasteiger partial charge in [-0.15, -0.1) is 0 Å². The highest BCUT2D eigenvalue weighted by atomic mass is 127. The Hall–Kier alpha value is -1.93. The minimum Gasteiger partial charge on any atom is -0.489 e. The summed E-state index contributed by atoms with van der Waals surface area (Å²) >= 11 is 2.23. The van der Waals surface area contributed by atoms with Crippen LogP contribution in [0.25, 0.3) is 0 Å². The van der Waals surface area contributed by atoms with Crippen molar-refractivity contribution in [1.29, 1.82) is 0 Å². The van der Waals surface area contributed by atoms with Crippen molar-refractivity contribution in [3.8, 4) is 5.75 Å². The molecule has 1 N–H and O–H groups in total. The summed E-state index contributed by atoms with van der Waals surface area (Å²) in [5, 5.41) is 3.02. The first-order valence-electron chi connectivity index (χ1n) is 8.08. The Morgan fingerprint density at radius 2 is 1.96 bits per heavy atom. The van der Waals surface area contributed by atoms with Crippen molar-refractivity contribution in [3.05, 3.63) is 63.2 Å². The number of rotatable bonds is 5. The fourth-order valence-corrected chi connectivity index (χ4v) is 2.95. The molecule has 1 aliphatic heterocycles. The summed E-state index contributed by atoms with van der Waals surface area (Å²) in [4.78, 5) is 24.1. The fraction of sp³-hybridized carbons (Fsp3) is 0.263. The molecule has 130 valence electrons. The Balaban J connectivity index is 1.59. The number of ether oxygens (including phenoxy) is 2. The van der Waals surface area contributed by atoms with Gasteiger partial charge >= 0.3 is 11.9 Å². The minimum absolute atomic E-state index is 0.333. The van der Waals surface area contributed by atoms with Gasteiger partial charge in [-0.1, -0.05) is 12.1 Å². The number of carbonyl (C=O) groups excluding carboxylic acids is 2. The second-order valence-corrected chi connectivity index (χ2v) is 7.05. The lowest BCUT2D eigenvalue weighted by Crippen LogP contribution is -2.33. The standard InChI is InChI=1S/C19H18INO4/c20-15-6-8-16(9-7-15)24-12-13-3-1-4-14(11-13)18(22)25-19(23)17-5-2-10-21-17/h1,3-4,6-9,11,17,21H,2,5,10,12H2/t17-/m0/s1. The van der Waals surface area contributed by atoms with Crippen LogP contribution >= 0.6 is 22.6 Å². The average Bonchev–Trinajstić information content (AvgIpc) is 3.16. The summed E-state index contributed by atoms with van der Waals surface area (Å²) in [6.07, 6.45) is 1.62. The van der Waals surface area contributed by atoms with E-state index in [0.717, 1.165) is 27.8 Å². The van der Waals surface area contributed by atoms with Crippen LogP contribution < -0.4 is 10.1 Å². The van der Waals surface area contributed by atoms with Crippen molar-refractivity contribution < 1.29 is 19.1 Å². The van der Waals surface area contributed by atoms with Crippen LogP contribution in [0.3, 0.4) is 0 Å². The van der Waals surface area contributed by atoms with Gasteiger partial charge in [-0.05, 0) is 83.9 Å². The minimum atomic E-state index is -0.630. The van der Waals surface area contributed by atoms with Crippen LogP contribution in [0.4, 0.5) is 0 Å². The van der Waals surface area contributed by atoms with E-state index in [1.165, 1.54) is 0 Å². The van der Waals surface area contributed by atoms with E-state index in [2.05, 4.69) is 27.9 Å². The summed E-state index contributed by atoms with van der Waals surface area (Å²) in [6, 6.07) is 14.3. The molecule has 1 saturated heterocycles. The summed E-state index contributed by atoms with van der Waals surface area (Å²) in [5.74, 6) is -0.381. The highest BCUT2D eigenvalue weighted by Crippen LogP contribution is 2.16. The molecule has 1 heterocycles. The van der Waals surface area contributed by atoms with E-state index in [9.17, 15) is 9.59 Å². The van der Waals surface area contributed by atoms with Gasteiger partial charge in [0.05, 0.1) is 5.56 Å². The highest BCUT2D eigenvalue weighted by Gasteiger charge is 2.26.